The Kier molecular flexibility index (Phi) is 5.61. The van der Waals surface area contributed by atoms with Crippen molar-refractivity contribution in [3.63, 3.8) is 0 Å². The number of hydrogen-bond donors (Lipinski definition) is 1. The molecule has 1 heterocycles. The number of benzene rings is 3. The molecule has 4 aromatic rings. The molecule has 5 nitrogen and oxygen atoms in total. The maximum absolute atomic E-state index is 13.5. The molecule has 0 bridgehead atoms. The van der Waals surface area contributed by atoms with Crippen molar-refractivity contribution in [3.8, 4) is 16.9 Å². The number of rotatable bonds is 6. The first-order valence-corrected chi connectivity index (χ1v) is 9.76. The first-order chi connectivity index (χ1) is 14.7. The van der Waals surface area contributed by atoms with Crippen molar-refractivity contribution in [1.82, 2.24) is 9.55 Å². The molecule has 30 heavy (non-hydrogen) atoms. The average Bonchev–Trinajstić information content (AvgIpc) is 3.20. The first kappa shape index (κ1) is 19.5. The molecule has 3 aromatic carbocycles. The molecule has 150 valence electrons. The number of hydrogen-bond acceptors (Lipinski definition) is 3. The van der Waals surface area contributed by atoms with Gasteiger partial charge in [0.15, 0.2) is 0 Å². The van der Waals surface area contributed by atoms with Crippen molar-refractivity contribution in [3.05, 3.63) is 103 Å². The number of carbonyl (C=O) groups excluding carboxylic acids is 1. The van der Waals surface area contributed by atoms with Crippen LogP contribution in [-0.4, -0.2) is 22.6 Å². The Balaban J connectivity index is 1.69. The highest BCUT2D eigenvalue weighted by Crippen LogP contribution is 2.31. The molecule has 0 saturated heterocycles. The fourth-order valence-corrected chi connectivity index (χ4v) is 3.55. The third-order valence-corrected chi connectivity index (χ3v) is 5.09. The van der Waals surface area contributed by atoms with Crippen LogP contribution in [0.1, 0.15) is 17.4 Å². The van der Waals surface area contributed by atoms with Crippen molar-refractivity contribution < 1.29 is 9.53 Å². The molecule has 1 unspecified atom stereocenters. The first-order valence-electron chi connectivity index (χ1n) is 9.76. The van der Waals surface area contributed by atoms with Gasteiger partial charge in [-0.05, 0) is 36.2 Å². The van der Waals surface area contributed by atoms with Crippen molar-refractivity contribution in [1.29, 1.82) is 0 Å². The zero-order chi connectivity index (χ0) is 20.9. The fraction of sp³-hybridized carbons (Fsp3) is 0.120. The molecule has 0 aliphatic heterocycles. The highest BCUT2D eigenvalue weighted by atomic mass is 16.5. The number of para-hydroxylation sites is 1. The van der Waals surface area contributed by atoms with Gasteiger partial charge in [0.05, 0.1) is 7.11 Å². The Morgan fingerprint density at radius 1 is 0.967 bits per heavy atom. The zero-order valence-electron chi connectivity index (χ0n) is 16.9. The van der Waals surface area contributed by atoms with Crippen LogP contribution in [0.25, 0.3) is 11.1 Å². The summed E-state index contributed by atoms with van der Waals surface area (Å²) in [7, 11) is 1.64. The number of amides is 1. The SMILES string of the molecule is COc1ccc(-c2ccccc2NC(=O)C(c2ccccc2)n2ccnc2C)cc1. The van der Waals surface area contributed by atoms with E-state index in [-0.39, 0.29) is 5.91 Å². The number of ether oxygens (including phenoxy) is 1. The van der Waals surface area contributed by atoms with Crippen LogP contribution in [0.3, 0.4) is 0 Å². The van der Waals surface area contributed by atoms with Gasteiger partial charge in [0.25, 0.3) is 5.91 Å². The minimum absolute atomic E-state index is 0.122. The molecular formula is C25H23N3O2. The predicted molar refractivity (Wildman–Crippen MR) is 119 cm³/mol. The van der Waals surface area contributed by atoms with E-state index in [9.17, 15) is 4.79 Å². The number of methoxy groups -OCH3 is 1. The Morgan fingerprint density at radius 2 is 1.67 bits per heavy atom. The van der Waals surface area contributed by atoms with Crippen LogP contribution in [0.2, 0.25) is 0 Å². The summed E-state index contributed by atoms with van der Waals surface area (Å²) < 4.78 is 7.14. The van der Waals surface area contributed by atoms with E-state index in [2.05, 4.69) is 10.3 Å². The maximum atomic E-state index is 13.5. The monoisotopic (exact) mass is 397 g/mol. The fourth-order valence-electron chi connectivity index (χ4n) is 3.55. The summed E-state index contributed by atoms with van der Waals surface area (Å²) in [5.74, 6) is 1.45. The van der Waals surface area contributed by atoms with Crippen LogP contribution < -0.4 is 10.1 Å². The van der Waals surface area contributed by atoms with E-state index in [1.165, 1.54) is 0 Å². The van der Waals surface area contributed by atoms with Gasteiger partial charge in [0, 0.05) is 23.6 Å². The summed E-state index contributed by atoms with van der Waals surface area (Å²) in [5.41, 5.74) is 3.61. The molecule has 1 aromatic heterocycles. The summed E-state index contributed by atoms with van der Waals surface area (Å²) in [6.07, 6.45) is 3.55. The largest absolute Gasteiger partial charge is 0.497 e. The molecule has 4 rings (SSSR count). The topological polar surface area (TPSA) is 56.1 Å². The highest BCUT2D eigenvalue weighted by molar-refractivity contribution is 5.99. The zero-order valence-corrected chi connectivity index (χ0v) is 16.9. The van der Waals surface area contributed by atoms with Crippen molar-refractivity contribution in [2.24, 2.45) is 0 Å². The normalized spacial score (nSPS) is 11.7. The summed E-state index contributed by atoms with van der Waals surface area (Å²) in [6.45, 7) is 1.90. The second-order valence-electron chi connectivity index (χ2n) is 6.96. The van der Waals surface area contributed by atoms with Crippen LogP contribution in [0.5, 0.6) is 5.75 Å². The van der Waals surface area contributed by atoms with E-state index >= 15 is 0 Å². The second-order valence-corrected chi connectivity index (χ2v) is 6.96. The van der Waals surface area contributed by atoms with Crippen LogP contribution >= 0.6 is 0 Å². The minimum atomic E-state index is -0.516. The molecular weight excluding hydrogens is 374 g/mol. The smallest absolute Gasteiger partial charge is 0.252 e. The third-order valence-electron chi connectivity index (χ3n) is 5.09. The van der Waals surface area contributed by atoms with Crippen molar-refractivity contribution in [2.45, 2.75) is 13.0 Å². The standard InChI is InChI=1S/C25H23N3O2/c1-18-26-16-17-28(18)24(20-8-4-3-5-9-20)25(29)27-23-11-7-6-10-22(23)19-12-14-21(30-2)15-13-19/h3-17,24H,1-2H3,(H,27,29). The molecule has 0 aliphatic rings. The van der Waals surface area contributed by atoms with Crippen LogP contribution in [0, 0.1) is 6.92 Å². The van der Waals surface area contributed by atoms with Gasteiger partial charge in [-0.3, -0.25) is 4.79 Å². The third kappa shape index (κ3) is 3.96. The van der Waals surface area contributed by atoms with Gasteiger partial charge in [0.2, 0.25) is 0 Å². The average molecular weight is 397 g/mol. The van der Waals surface area contributed by atoms with Crippen molar-refractivity contribution in [2.75, 3.05) is 12.4 Å². The van der Waals surface area contributed by atoms with E-state index in [0.29, 0.717) is 0 Å². The number of aryl methyl sites for hydroxylation is 1. The number of imidazole rings is 1. The number of anilines is 1. The molecule has 0 saturated carbocycles. The number of nitrogens with one attached hydrogen (secondary N) is 1. The van der Waals surface area contributed by atoms with Gasteiger partial charge in [-0.25, -0.2) is 4.98 Å². The van der Waals surface area contributed by atoms with Crippen LogP contribution in [0.4, 0.5) is 5.69 Å². The molecule has 0 fully saturated rings. The van der Waals surface area contributed by atoms with E-state index in [1.54, 1.807) is 13.3 Å². The molecule has 1 atom stereocenters. The molecule has 5 heteroatoms. The predicted octanol–water partition coefficient (Wildman–Crippen LogP) is 5.10. The van der Waals surface area contributed by atoms with Gasteiger partial charge < -0.3 is 14.6 Å². The van der Waals surface area contributed by atoms with E-state index in [4.69, 9.17) is 4.74 Å². The van der Waals surface area contributed by atoms with E-state index in [1.807, 2.05) is 96.6 Å². The van der Waals surface area contributed by atoms with Gasteiger partial charge in [-0.1, -0.05) is 60.7 Å². The summed E-state index contributed by atoms with van der Waals surface area (Å²) in [6, 6.07) is 24.8. The molecule has 1 N–H and O–H groups in total. The van der Waals surface area contributed by atoms with Gasteiger partial charge in [-0.2, -0.15) is 0 Å². The van der Waals surface area contributed by atoms with Crippen molar-refractivity contribution >= 4 is 11.6 Å². The van der Waals surface area contributed by atoms with E-state index < -0.39 is 6.04 Å². The summed E-state index contributed by atoms with van der Waals surface area (Å²) in [4.78, 5) is 17.8. The Morgan fingerprint density at radius 3 is 2.33 bits per heavy atom. The van der Waals surface area contributed by atoms with Gasteiger partial charge >= 0.3 is 0 Å². The maximum Gasteiger partial charge on any atom is 0.252 e. The number of nitrogens with zero attached hydrogens (tertiary/aromatic N) is 2. The molecule has 1 amide bonds. The lowest BCUT2D eigenvalue weighted by Gasteiger charge is -2.21. The molecule has 0 radical (unpaired) electrons. The molecule has 0 aliphatic carbocycles. The van der Waals surface area contributed by atoms with Crippen LogP contribution in [0.15, 0.2) is 91.3 Å². The minimum Gasteiger partial charge on any atom is -0.497 e. The number of carbonyl (C=O) groups is 1. The van der Waals surface area contributed by atoms with E-state index in [0.717, 1.165) is 34.0 Å². The Bertz CT molecular complexity index is 1130. The molecule has 0 spiro atoms. The van der Waals surface area contributed by atoms with Gasteiger partial charge in [0.1, 0.15) is 17.6 Å². The van der Waals surface area contributed by atoms with Gasteiger partial charge in [-0.15, -0.1) is 0 Å². The number of aromatic nitrogens is 2. The van der Waals surface area contributed by atoms with Crippen LogP contribution in [-0.2, 0) is 4.79 Å². The lowest BCUT2D eigenvalue weighted by Crippen LogP contribution is -2.27. The lowest BCUT2D eigenvalue weighted by molar-refractivity contribution is -0.118. The second kappa shape index (κ2) is 8.66. The Hall–Kier alpha value is -3.86. The quantitative estimate of drug-likeness (QED) is 0.493. The highest BCUT2D eigenvalue weighted by Gasteiger charge is 2.24. The Labute approximate surface area is 176 Å². The lowest BCUT2D eigenvalue weighted by atomic mass is 10.0. The summed E-state index contributed by atoms with van der Waals surface area (Å²) in [5, 5.41) is 3.13. The summed E-state index contributed by atoms with van der Waals surface area (Å²) >= 11 is 0.